The van der Waals surface area contributed by atoms with Gasteiger partial charge >= 0.3 is 0 Å². The molecule has 0 fully saturated rings. The average Bonchev–Trinajstić information content (AvgIpc) is 2.55. The van der Waals surface area contributed by atoms with Crippen LogP contribution in [-0.2, 0) is 0 Å². The molecule has 3 aromatic rings. The van der Waals surface area contributed by atoms with E-state index in [0.29, 0.717) is 10.8 Å². The molecule has 22 heavy (non-hydrogen) atoms. The van der Waals surface area contributed by atoms with E-state index in [1.807, 2.05) is 24.3 Å². The molecule has 110 valence electrons. The predicted octanol–water partition coefficient (Wildman–Crippen LogP) is 3.90. The van der Waals surface area contributed by atoms with Gasteiger partial charge in [-0.1, -0.05) is 0 Å². The number of nitrogens with one attached hydrogen (secondary N) is 1. The Kier molecular flexibility index (Phi) is 3.57. The Morgan fingerprint density at radius 2 is 1.86 bits per heavy atom. The van der Waals surface area contributed by atoms with E-state index in [1.54, 1.807) is 31.6 Å². The second-order valence-corrected chi connectivity index (χ2v) is 4.66. The maximum atomic E-state index is 11.1. The van der Waals surface area contributed by atoms with Crippen molar-refractivity contribution in [2.45, 2.75) is 0 Å². The van der Waals surface area contributed by atoms with Gasteiger partial charge in [0.15, 0.2) is 0 Å². The molecule has 0 aliphatic carbocycles. The molecule has 0 spiro atoms. The number of pyridine rings is 1. The largest absolute Gasteiger partial charge is 0.497 e. The number of non-ortho nitro benzene ring substituents is 1. The van der Waals surface area contributed by atoms with Gasteiger partial charge in [-0.3, -0.25) is 15.1 Å². The molecule has 0 bridgehead atoms. The lowest BCUT2D eigenvalue weighted by atomic mass is 10.1. The summed E-state index contributed by atoms with van der Waals surface area (Å²) >= 11 is 0. The summed E-state index contributed by atoms with van der Waals surface area (Å²) in [6.45, 7) is 0. The van der Waals surface area contributed by atoms with Crippen molar-refractivity contribution in [3.8, 4) is 5.75 Å². The van der Waals surface area contributed by atoms with E-state index in [4.69, 9.17) is 4.74 Å². The Bertz CT molecular complexity index is 832. The summed E-state index contributed by atoms with van der Waals surface area (Å²) < 4.78 is 5.12. The third-order valence-electron chi connectivity index (χ3n) is 3.36. The summed E-state index contributed by atoms with van der Waals surface area (Å²) in [5.41, 5.74) is 1.69. The lowest BCUT2D eigenvalue weighted by molar-refractivity contribution is -0.383. The zero-order valence-electron chi connectivity index (χ0n) is 11.8. The predicted molar refractivity (Wildman–Crippen MR) is 84.7 cm³/mol. The summed E-state index contributed by atoms with van der Waals surface area (Å²) in [6.07, 6.45) is 3.17. The number of hydrogen-bond donors (Lipinski definition) is 1. The van der Waals surface area contributed by atoms with Crippen molar-refractivity contribution in [3.05, 3.63) is 65.0 Å². The van der Waals surface area contributed by atoms with E-state index in [-0.39, 0.29) is 10.6 Å². The number of rotatable bonds is 4. The minimum Gasteiger partial charge on any atom is -0.497 e. The van der Waals surface area contributed by atoms with E-state index in [0.717, 1.165) is 17.1 Å². The molecule has 0 radical (unpaired) electrons. The van der Waals surface area contributed by atoms with Gasteiger partial charge in [-0.05, 0) is 36.4 Å². The number of methoxy groups -OCH3 is 1. The van der Waals surface area contributed by atoms with Crippen LogP contribution < -0.4 is 10.1 Å². The van der Waals surface area contributed by atoms with Crippen molar-refractivity contribution in [1.82, 2.24) is 4.98 Å². The maximum Gasteiger partial charge on any atom is 0.277 e. The molecule has 0 unspecified atom stereocenters. The molecular weight excluding hydrogens is 282 g/mol. The number of anilines is 2. The van der Waals surface area contributed by atoms with Crippen LogP contribution in [0.4, 0.5) is 17.1 Å². The van der Waals surface area contributed by atoms with Gasteiger partial charge in [0.2, 0.25) is 0 Å². The molecule has 6 nitrogen and oxygen atoms in total. The van der Waals surface area contributed by atoms with E-state index < -0.39 is 0 Å². The van der Waals surface area contributed by atoms with Crippen LogP contribution in [0.2, 0.25) is 0 Å². The lowest BCUT2D eigenvalue weighted by Crippen LogP contribution is -1.95. The molecule has 2 aromatic carbocycles. The summed E-state index contributed by atoms with van der Waals surface area (Å²) in [4.78, 5) is 14.8. The molecule has 0 aliphatic rings. The van der Waals surface area contributed by atoms with Gasteiger partial charge in [0.1, 0.15) is 5.75 Å². The van der Waals surface area contributed by atoms with Crippen molar-refractivity contribution in [2.24, 2.45) is 0 Å². The Labute approximate surface area is 126 Å². The zero-order valence-corrected chi connectivity index (χ0v) is 11.8. The highest BCUT2D eigenvalue weighted by atomic mass is 16.6. The summed E-state index contributed by atoms with van der Waals surface area (Å²) in [7, 11) is 1.61. The Morgan fingerprint density at radius 1 is 1.09 bits per heavy atom. The van der Waals surface area contributed by atoms with Crippen LogP contribution in [0.3, 0.4) is 0 Å². The topological polar surface area (TPSA) is 77.3 Å². The van der Waals surface area contributed by atoms with E-state index in [9.17, 15) is 10.1 Å². The third kappa shape index (κ3) is 2.54. The average molecular weight is 295 g/mol. The fourth-order valence-electron chi connectivity index (χ4n) is 2.27. The monoisotopic (exact) mass is 295 g/mol. The maximum absolute atomic E-state index is 11.1. The quantitative estimate of drug-likeness (QED) is 0.583. The van der Waals surface area contributed by atoms with Gasteiger partial charge < -0.3 is 10.1 Å². The van der Waals surface area contributed by atoms with Gasteiger partial charge in [0.25, 0.3) is 5.69 Å². The molecule has 0 amide bonds. The number of fused-ring (bicyclic) bond motifs is 1. The Hall–Kier alpha value is -3.15. The minimum atomic E-state index is -0.389. The SMILES string of the molecule is COc1ccc(Nc2ccc([N+](=O)[O-])c3ccncc23)cc1. The highest BCUT2D eigenvalue weighted by Gasteiger charge is 2.14. The number of nitro benzene ring substituents is 1. The number of benzene rings is 2. The van der Waals surface area contributed by atoms with Gasteiger partial charge in [-0.2, -0.15) is 0 Å². The summed E-state index contributed by atoms with van der Waals surface area (Å²) in [5.74, 6) is 0.765. The van der Waals surface area contributed by atoms with Crippen LogP contribution >= 0.6 is 0 Å². The van der Waals surface area contributed by atoms with Crippen molar-refractivity contribution < 1.29 is 9.66 Å². The second-order valence-electron chi connectivity index (χ2n) is 4.66. The van der Waals surface area contributed by atoms with E-state index in [1.165, 1.54) is 6.07 Å². The highest BCUT2D eigenvalue weighted by Crippen LogP contribution is 2.32. The first-order chi connectivity index (χ1) is 10.7. The molecule has 6 heteroatoms. The van der Waals surface area contributed by atoms with Gasteiger partial charge in [-0.15, -0.1) is 0 Å². The highest BCUT2D eigenvalue weighted by molar-refractivity contribution is 6.00. The molecule has 0 saturated heterocycles. The summed E-state index contributed by atoms with van der Waals surface area (Å²) in [5, 5.41) is 15.6. The molecule has 1 N–H and O–H groups in total. The van der Waals surface area contributed by atoms with E-state index >= 15 is 0 Å². The minimum absolute atomic E-state index is 0.0673. The van der Waals surface area contributed by atoms with Crippen molar-refractivity contribution in [2.75, 3.05) is 12.4 Å². The first kappa shape index (κ1) is 13.8. The fourth-order valence-corrected chi connectivity index (χ4v) is 2.27. The molecule has 3 rings (SSSR count). The molecule has 0 aliphatic heterocycles. The Balaban J connectivity index is 2.03. The van der Waals surface area contributed by atoms with Crippen LogP contribution in [0.5, 0.6) is 5.75 Å². The van der Waals surface area contributed by atoms with Crippen LogP contribution in [0.1, 0.15) is 0 Å². The van der Waals surface area contributed by atoms with Gasteiger partial charge in [-0.25, -0.2) is 0 Å². The first-order valence-electron chi connectivity index (χ1n) is 6.61. The Morgan fingerprint density at radius 3 is 2.55 bits per heavy atom. The van der Waals surface area contributed by atoms with Crippen LogP contribution in [0.15, 0.2) is 54.9 Å². The molecule has 1 aromatic heterocycles. The van der Waals surface area contributed by atoms with Gasteiger partial charge in [0.05, 0.1) is 17.4 Å². The van der Waals surface area contributed by atoms with Gasteiger partial charge in [0, 0.05) is 35.2 Å². The summed E-state index contributed by atoms with van der Waals surface area (Å²) in [6, 6.07) is 12.3. The van der Waals surface area contributed by atoms with Crippen LogP contribution in [-0.4, -0.2) is 17.0 Å². The molecule has 0 saturated carbocycles. The second kappa shape index (κ2) is 5.69. The van der Waals surface area contributed by atoms with Crippen molar-refractivity contribution >= 4 is 27.8 Å². The number of hydrogen-bond acceptors (Lipinski definition) is 5. The number of ether oxygens (including phenoxy) is 1. The van der Waals surface area contributed by atoms with Crippen LogP contribution in [0, 0.1) is 10.1 Å². The molecular formula is C16H13N3O3. The number of aromatic nitrogens is 1. The number of nitro groups is 1. The molecule has 1 heterocycles. The first-order valence-corrected chi connectivity index (χ1v) is 6.61. The third-order valence-corrected chi connectivity index (χ3v) is 3.36. The lowest BCUT2D eigenvalue weighted by Gasteiger charge is -2.10. The standard InChI is InChI=1S/C16H13N3O3/c1-22-12-4-2-11(3-5-12)18-15-6-7-16(19(20)21)13-8-9-17-10-14(13)15/h2-10,18H,1H3. The van der Waals surface area contributed by atoms with Crippen LogP contribution in [0.25, 0.3) is 10.8 Å². The van der Waals surface area contributed by atoms with Crippen molar-refractivity contribution in [3.63, 3.8) is 0 Å². The number of nitrogens with zero attached hydrogens (tertiary/aromatic N) is 2. The smallest absolute Gasteiger partial charge is 0.277 e. The van der Waals surface area contributed by atoms with E-state index in [2.05, 4.69) is 10.3 Å². The molecule has 0 atom stereocenters. The fraction of sp³-hybridized carbons (Fsp3) is 0.0625. The normalized spacial score (nSPS) is 10.4. The van der Waals surface area contributed by atoms with Crippen molar-refractivity contribution in [1.29, 1.82) is 0 Å². The zero-order chi connectivity index (χ0) is 15.5.